The fraction of sp³-hybridized carbons (Fsp3) is 0.667. The molecule has 166 valence electrons. The Morgan fingerprint density at radius 2 is 1.97 bits per heavy atom. The van der Waals surface area contributed by atoms with E-state index in [0.717, 1.165) is 37.8 Å². The number of rotatable bonds is 9. The lowest BCUT2D eigenvalue weighted by Crippen LogP contribution is -2.51. The molecule has 30 heavy (non-hydrogen) atoms. The van der Waals surface area contributed by atoms with E-state index in [1.54, 1.807) is 0 Å². The molecule has 0 aliphatic carbocycles. The molecule has 2 fully saturated rings. The van der Waals surface area contributed by atoms with E-state index in [2.05, 4.69) is 58.1 Å². The van der Waals surface area contributed by atoms with Crippen molar-refractivity contribution >= 4 is 11.9 Å². The average Bonchev–Trinajstić information content (AvgIpc) is 2.77. The lowest BCUT2D eigenvalue weighted by molar-refractivity contribution is -0.122. The van der Waals surface area contributed by atoms with Crippen LogP contribution in [0.25, 0.3) is 0 Å². The van der Waals surface area contributed by atoms with E-state index in [1.165, 1.54) is 50.9 Å². The van der Waals surface area contributed by atoms with Crippen molar-refractivity contribution in [3.05, 3.63) is 35.9 Å². The molecular formula is C24H39N5O. The van der Waals surface area contributed by atoms with Gasteiger partial charge in [-0.1, -0.05) is 30.3 Å². The third kappa shape index (κ3) is 7.98. The summed E-state index contributed by atoms with van der Waals surface area (Å²) in [6.07, 6.45) is 7.65. The third-order valence-corrected chi connectivity index (χ3v) is 6.18. The molecule has 2 aliphatic rings. The Kier molecular flexibility index (Phi) is 9.48. The molecule has 0 bridgehead atoms. The highest BCUT2D eigenvalue weighted by Crippen LogP contribution is 2.21. The predicted octanol–water partition coefficient (Wildman–Crippen LogP) is 2.56. The van der Waals surface area contributed by atoms with Gasteiger partial charge in [0.15, 0.2) is 5.96 Å². The van der Waals surface area contributed by atoms with Gasteiger partial charge in [-0.05, 0) is 76.6 Å². The summed E-state index contributed by atoms with van der Waals surface area (Å²) in [5.74, 6) is 1.87. The Morgan fingerprint density at radius 1 is 1.17 bits per heavy atom. The molecule has 1 aromatic carbocycles. The highest BCUT2D eigenvalue weighted by atomic mass is 16.1. The van der Waals surface area contributed by atoms with Gasteiger partial charge in [-0.25, -0.2) is 0 Å². The molecule has 1 amide bonds. The quantitative estimate of drug-likeness (QED) is 0.331. The van der Waals surface area contributed by atoms with Gasteiger partial charge in [0, 0.05) is 32.1 Å². The van der Waals surface area contributed by atoms with Crippen LogP contribution in [0.3, 0.4) is 0 Å². The number of nitrogens with one attached hydrogen (secondary N) is 3. The maximum Gasteiger partial charge on any atom is 0.220 e. The second-order valence-electron chi connectivity index (χ2n) is 8.63. The van der Waals surface area contributed by atoms with Gasteiger partial charge in [-0.2, -0.15) is 0 Å². The zero-order chi connectivity index (χ0) is 21.0. The van der Waals surface area contributed by atoms with Crippen LogP contribution in [0.5, 0.6) is 0 Å². The lowest BCUT2D eigenvalue weighted by Gasteiger charge is -2.32. The Morgan fingerprint density at radius 3 is 2.67 bits per heavy atom. The first-order valence-electron chi connectivity index (χ1n) is 11.8. The summed E-state index contributed by atoms with van der Waals surface area (Å²) in [5, 5.41) is 9.70. The highest BCUT2D eigenvalue weighted by molar-refractivity contribution is 5.81. The number of unbranched alkanes of at least 4 members (excludes halogenated alkanes) is 1. The summed E-state index contributed by atoms with van der Waals surface area (Å²) in [4.78, 5) is 18.7. The van der Waals surface area contributed by atoms with Gasteiger partial charge in [0.25, 0.3) is 0 Å². The first-order valence-corrected chi connectivity index (χ1v) is 11.8. The second kappa shape index (κ2) is 12.6. The van der Waals surface area contributed by atoms with Gasteiger partial charge in [-0.15, -0.1) is 0 Å². The van der Waals surface area contributed by atoms with E-state index >= 15 is 0 Å². The SMILES string of the molecule is CCNC(=NCCCCN1CCC(Cc2ccccc2)CC1)NC1CCC(=O)NC1. The van der Waals surface area contributed by atoms with Crippen molar-refractivity contribution in [2.24, 2.45) is 10.9 Å². The topological polar surface area (TPSA) is 68.8 Å². The van der Waals surface area contributed by atoms with Gasteiger partial charge in [-0.3, -0.25) is 9.79 Å². The summed E-state index contributed by atoms with van der Waals surface area (Å²) in [6.45, 7) is 8.12. The number of nitrogens with zero attached hydrogens (tertiary/aromatic N) is 2. The number of piperidine rings is 2. The van der Waals surface area contributed by atoms with Gasteiger partial charge in [0.1, 0.15) is 0 Å². The van der Waals surface area contributed by atoms with Crippen LogP contribution in [0.2, 0.25) is 0 Å². The fourth-order valence-corrected chi connectivity index (χ4v) is 4.37. The number of benzene rings is 1. The highest BCUT2D eigenvalue weighted by Gasteiger charge is 2.20. The zero-order valence-corrected chi connectivity index (χ0v) is 18.5. The number of carbonyl (C=O) groups excluding carboxylic acids is 1. The minimum Gasteiger partial charge on any atom is -0.357 e. The van der Waals surface area contributed by atoms with Crippen molar-refractivity contribution in [1.29, 1.82) is 0 Å². The van der Waals surface area contributed by atoms with Crippen LogP contribution in [0.15, 0.2) is 35.3 Å². The maximum absolute atomic E-state index is 11.3. The Labute approximate surface area is 181 Å². The van der Waals surface area contributed by atoms with Gasteiger partial charge in [0.05, 0.1) is 0 Å². The van der Waals surface area contributed by atoms with E-state index in [4.69, 9.17) is 4.99 Å². The standard InChI is InChI=1S/C24H39N5O/c1-2-25-24(28-22-10-11-23(30)27-19-22)26-14-6-7-15-29-16-12-21(13-17-29)18-20-8-4-3-5-9-20/h3-5,8-9,21-22H,2,6-7,10-19H2,1H3,(H,27,30)(H2,25,26,28). The molecule has 2 heterocycles. The van der Waals surface area contributed by atoms with Crippen LogP contribution < -0.4 is 16.0 Å². The molecule has 2 aliphatic heterocycles. The van der Waals surface area contributed by atoms with Crippen molar-refractivity contribution in [3.63, 3.8) is 0 Å². The van der Waals surface area contributed by atoms with E-state index in [0.29, 0.717) is 13.0 Å². The molecule has 2 saturated heterocycles. The molecule has 1 unspecified atom stereocenters. The average molecular weight is 414 g/mol. The first kappa shape index (κ1) is 22.6. The maximum atomic E-state index is 11.3. The number of hydrogen-bond acceptors (Lipinski definition) is 3. The minimum atomic E-state index is 0.152. The molecule has 1 aromatic rings. The summed E-state index contributed by atoms with van der Waals surface area (Å²) in [5.41, 5.74) is 1.48. The minimum absolute atomic E-state index is 0.152. The fourth-order valence-electron chi connectivity index (χ4n) is 4.37. The van der Waals surface area contributed by atoms with Crippen LogP contribution in [0.4, 0.5) is 0 Å². The molecular weight excluding hydrogens is 374 g/mol. The lowest BCUT2D eigenvalue weighted by atomic mass is 9.90. The van der Waals surface area contributed by atoms with Gasteiger partial charge >= 0.3 is 0 Å². The number of amides is 1. The summed E-state index contributed by atoms with van der Waals surface area (Å²) in [6, 6.07) is 11.2. The van der Waals surface area contributed by atoms with Gasteiger partial charge < -0.3 is 20.9 Å². The number of guanidine groups is 1. The number of carbonyl (C=O) groups is 1. The summed E-state index contributed by atoms with van der Waals surface area (Å²) in [7, 11) is 0. The van der Waals surface area contributed by atoms with Crippen LogP contribution in [-0.2, 0) is 11.2 Å². The van der Waals surface area contributed by atoms with Crippen molar-refractivity contribution < 1.29 is 4.79 Å². The summed E-state index contributed by atoms with van der Waals surface area (Å²) >= 11 is 0. The monoisotopic (exact) mass is 413 g/mol. The van der Waals surface area contributed by atoms with E-state index in [1.807, 2.05) is 0 Å². The molecule has 0 radical (unpaired) electrons. The smallest absolute Gasteiger partial charge is 0.220 e. The van der Waals surface area contributed by atoms with Gasteiger partial charge in [0.2, 0.25) is 5.91 Å². The largest absolute Gasteiger partial charge is 0.357 e. The molecule has 6 heteroatoms. The zero-order valence-electron chi connectivity index (χ0n) is 18.5. The number of aliphatic imine (C=N–C) groups is 1. The second-order valence-corrected chi connectivity index (χ2v) is 8.63. The molecule has 3 N–H and O–H groups in total. The van der Waals surface area contributed by atoms with Crippen molar-refractivity contribution in [3.8, 4) is 0 Å². The van der Waals surface area contributed by atoms with Crippen LogP contribution in [0.1, 0.15) is 51.0 Å². The molecule has 0 saturated carbocycles. The summed E-state index contributed by atoms with van der Waals surface area (Å²) < 4.78 is 0. The first-order chi connectivity index (χ1) is 14.7. The van der Waals surface area contributed by atoms with Crippen molar-refractivity contribution in [2.75, 3.05) is 39.3 Å². The molecule has 0 aromatic heterocycles. The predicted molar refractivity (Wildman–Crippen MR) is 124 cm³/mol. The number of hydrogen-bond donors (Lipinski definition) is 3. The Hall–Kier alpha value is -2.08. The van der Waals surface area contributed by atoms with E-state index < -0.39 is 0 Å². The van der Waals surface area contributed by atoms with Crippen molar-refractivity contribution in [2.45, 2.75) is 57.9 Å². The van der Waals surface area contributed by atoms with Crippen molar-refractivity contribution in [1.82, 2.24) is 20.9 Å². The molecule has 1 atom stereocenters. The van der Waals surface area contributed by atoms with Crippen LogP contribution in [-0.4, -0.2) is 62.1 Å². The molecule has 0 spiro atoms. The molecule has 6 nitrogen and oxygen atoms in total. The normalized spacial score (nSPS) is 21.3. The Bertz CT molecular complexity index is 645. The molecule has 3 rings (SSSR count). The third-order valence-electron chi connectivity index (χ3n) is 6.18. The Balaban J connectivity index is 1.28. The van der Waals surface area contributed by atoms with E-state index in [-0.39, 0.29) is 11.9 Å². The number of likely N-dealkylation sites (tertiary alicyclic amines) is 1. The van der Waals surface area contributed by atoms with Crippen LogP contribution in [0, 0.1) is 5.92 Å². The van der Waals surface area contributed by atoms with E-state index in [9.17, 15) is 4.79 Å². The van der Waals surface area contributed by atoms with Crippen LogP contribution >= 0.6 is 0 Å².